The highest BCUT2D eigenvalue weighted by Crippen LogP contribution is 2.70. The average molecular weight is 531 g/mol. The largest absolute Gasteiger partial charge is 0.463 e. The predicted octanol–water partition coefficient (Wildman–Crippen LogP) is 5.09. The molecule has 0 N–H and O–H groups in total. The van der Waals surface area contributed by atoms with Gasteiger partial charge in [-0.3, -0.25) is 14.4 Å². The van der Waals surface area contributed by atoms with E-state index < -0.39 is 17.3 Å². The number of Topliss-reactive ketones (excluding diaryl/α,β-unsaturated/α-hetero) is 1. The highest BCUT2D eigenvalue weighted by molar-refractivity contribution is 5.87. The van der Waals surface area contributed by atoms with Gasteiger partial charge < -0.3 is 18.9 Å². The molecule has 2 aliphatic heterocycles. The second-order valence-electron chi connectivity index (χ2n) is 14.3. The molecule has 212 valence electrons. The molecule has 7 heteroatoms. The van der Waals surface area contributed by atoms with Crippen molar-refractivity contribution in [1.29, 1.82) is 0 Å². The first-order valence-electron chi connectivity index (χ1n) is 15.1. The Labute approximate surface area is 227 Å². The van der Waals surface area contributed by atoms with Crippen LogP contribution in [-0.4, -0.2) is 48.4 Å². The molecule has 2 heterocycles. The van der Waals surface area contributed by atoms with Gasteiger partial charge in [-0.1, -0.05) is 27.7 Å². The summed E-state index contributed by atoms with van der Waals surface area (Å²) in [6, 6.07) is 0. The number of hydrogen-bond donors (Lipinski definition) is 0. The van der Waals surface area contributed by atoms with Gasteiger partial charge in [0.05, 0.1) is 12.7 Å². The van der Waals surface area contributed by atoms with Gasteiger partial charge in [0, 0.05) is 37.5 Å². The summed E-state index contributed by atoms with van der Waals surface area (Å²) in [5.41, 5.74) is -0.328. The molecule has 6 fully saturated rings. The zero-order chi connectivity index (χ0) is 27.2. The van der Waals surface area contributed by atoms with Crippen LogP contribution in [0.1, 0.15) is 92.9 Å². The lowest BCUT2D eigenvalue weighted by molar-refractivity contribution is -0.318. The maximum Gasteiger partial charge on any atom is 0.303 e. The lowest BCUT2D eigenvalue weighted by atomic mass is 9.44. The van der Waals surface area contributed by atoms with E-state index in [0.29, 0.717) is 42.5 Å². The highest BCUT2D eigenvalue weighted by atomic mass is 16.7. The van der Waals surface area contributed by atoms with Gasteiger partial charge in [-0.15, -0.1) is 0 Å². The summed E-state index contributed by atoms with van der Waals surface area (Å²) in [6.07, 6.45) is 6.87. The Morgan fingerprint density at radius 2 is 1.68 bits per heavy atom. The molecule has 2 saturated heterocycles. The molecular formula is C31H46O7. The van der Waals surface area contributed by atoms with Crippen LogP contribution >= 0.6 is 0 Å². The van der Waals surface area contributed by atoms with Gasteiger partial charge in [0.2, 0.25) is 5.79 Å². The smallest absolute Gasteiger partial charge is 0.303 e. The van der Waals surface area contributed by atoms with Gasteiger partial charge in [0.25, 0.3) is 0 Å². The molecule has 13 atom stereocenters. The fourth-order valence-electron chi connectivity index (χ4n) is 10.7. The molecular weight excluding hydrogens is 484 g/mol. The normalized spacial score (nSPS) is 53.5. The van der Waals surface area contributed by atoms with E-state index >= 15 is 0 Å². The van der Waals surface area contributed by atoms with E-state index in [4.69, 9.17) is 18.9 Å². The lowest BCUT2D eigenvalue weighted by Gasteiger charge is -2.60. The number of carbonyl (C=O) groups is 3. The van der Waals surface area contributed by atoms with Crippen LogP contribution in [0.15, 0.2) is 0 Å². The molecule has 6 aliphatic rings. The number of ketones is 1. The van der Waals surface area contributed by atoms with E-state index in [0.717, 1.165) is 44.9 Å². The number of fused-ring (bicyclic) bond motifs is 7. The Hall–Kier alpha value is -1.47. The molecule has 0 unspecified atom stereocenters. The molecule has 4 saturated carbocycles. The molecule has 0 aromatic carbocycles. The molecule has 6 rings (SSSR count). The molecule has 0 bridgehead atoms. The van der Waals surface area contributed by atoms with E-state index in [9.17, 15) is 14.4 Å². The van der Waals surface area contributed by atoms with Crippen LogP contribution in [-0.2, 0) is 33.3 Å². The van der Waals surface area contributed by atoms with Crippen molar-refractivity contribution in [3.05, 3.63) is 0 Å². The summed E-state index contributed by atoms with van der Waals surface area (Å²) >= 11 is 0. The third-order valence-electron chi connectivity index (χ3n) is 12.4. The molecule has 4 aliphatic carbocycles. The summed E-state index contributed by atoms with van der Waals surface area (Å²) in [5, 5.41) is 0. The average Bonchev–Trinajstić information content (AvgIpc) is 3.29. The maximum absolute atomic E-state index is 14.3. The van der Waals surface area contributed by atoms with E-state index in [-0.39, 0.29) is 47.3 Å². The standard InChI is InChI=1S/C31H46O7/c1-16-11-27(37-19(4)33)31(35-15-16)17(2)28-25(38-31)13-24-22-8-7-20-12-21(36-18(3)32)9-10-29(20,5)23(22)14-26(34)30(24,28)6/h16-17,20-25,27-28H,7-15H2,1-6H3/t16-,17+,20+,21+,22-,23+,24+,25+,27-,28+,29+,30-,31+/m1/s1. The first kappa shape index (κ1) is 26.7. The Balaban J connectivity index is 1.26. The molecule has 0 aromatic heterocycles. The van der Waals surface area contributed by atoms with Crippen LogP contribution in [0.25, 0.3) is 0 Å². The molecule has 1 spiro atoms. The number of esters is 2. The van der Waals surface area contributed by atoms with Crippen LogP contribution < -0.4 is 0 Å². The topological polar surface area (TPSA) is 88.1 Å². The number of rotatable bonds is 2. The van der Waals surface area contributed by atoms with Crippen LogP contribution in [0.3, 0.4) is 0 Å². The summed E-state index contributed by atoms with van der Waals surface area (Å²) in [5.74, 6) is 0.950. The molecule has 0 radical (unpaired) electrons. The van der Waals surface area contributed by atoms with Gasteiger partial charge in [0.15, 0.2) is 6.10 Å². The molecule has 0 amide bonds. The van der Waals surface area contributed by atoms with E-state index in [2.05, 4.69) is 27.7 Å². The Bertz CT molecular complexity index is 1010. The van der Waals surface area contributed by atoms with Gasteiger partial charge >= 0.3 is 11.9 Å². The van der Waals surface area contributed by atoms with Gasteiger partial charge in [0.1, 0.15) is 11.9 Å². The number of carbonyl (C=O) groups excluding carboxylic acids is 3. The first-order valence-corrected chi connectivity index (χ1v) is 15.1. The van der Waals surface area contributed by atoms with Crippen LogP contribution in [0.2, 0.25) is 0 Å². The summed E-state index contributed by atoms with van der Waals surface area (Å²) < 4.78 is 24.7. The summed E-state index contributed by atoms with van der Waals surface area (Å²) in [4.78, 5) is 37.9. The van der Waals surface area contributed by atoms with Crippen molar-refractivity contribution in [1.82, 2.24) is 0 Å². The zero-order valence-electron chi connectivity index (χ0n) is 24.0. The predicted molar refractivity (Wildman–Crippen MR) is 139 cm³/mol. The van der Waals surface area contributed by atoms with Crippen LogP contribution in [0, 0.1) is 52.3 Å². The Kier molecular flexibility index (Phi) is 6.35. The summed E-state index contributed by atoms with van der Waals surface area (Å²) in [6.45, 7) is 12.4. The molecule has 0 aromatic rings. The number of hydrogen-bond acceptors (Lipinski definition) is 7. The van der Waals surface area contributed by atoms with Crippen molar-refractivity contribution in [3.63, 3.8) is 0 Å². The van der Waals surface area contributed by atoms with Gasteiger partial charge in [-0.05, 0) is 80.0 Å². The minimum atomic E-state index is -0.961. The highest BCUT2D eigenvalue weighted by Gasteiger charge is 2.73. The van der Waals surface area contributed by atoms with E-state index in [1.54, 1.807) is 0 Å². The van der Waals surface area contributed by atoms with Crippen molar-refractivity contribution in [2.75, 3.05) is 6.61 Å². The lowest BCUT2D eigenvalue weighted by Crippen LogP contribution is -2.60. The van der Waals surface area contributed by atoms with Crippen molar-refractivity contribution in [2.24, 2.45) is 52.3 Å². The maximum atomic E-state index is 14.3. The Morgan fingerprint density at radius 1 is 0.947 bits per heavy atom. The second-order valence-corrected chi connectivity index (χ2v) is 14.3. The van der Waals surface area contributed by atoms with Crippen LogP contribution in [0.5, 0.6) is 0 Å². The fourth-order valence-corrected chi connectivity index (χ4v) is 10.7. The van der Waals surface area contributed by atoms with E-state index in [1.165, 1.54) is 13.8 Å². The third kappa shape index (κ3) is 3.69. The molecule has 38 heavy (non-hydrogen) atoms. The first-order chi connectivity index (χ1) is 17.9. The van der Waals surface area contributed by atoms with Gasteiger partial charge in [-0.2, -0.15) is 0 Å². The van der Waals surface area contributed by atoms with Crippen LogP contribution in [0.4, 0.5) is 0 Å². The Morgan fingerprint density at radius 3 is 2.39 bits per heavy atom. The molecule has 7 nitrogen and oxygen atoms in total. The minimum Gasteiger partial charge on any atom is -0.463 e. The second kappa shape index (κ2) is 9.02. The summed E-state index contributed by atoms with van der Waals surface area (Å²) in [7, 11) is 0. The van der Waals surface area contributed by atoms with E-state index in [1.807, 2.05) is 0 Å². The van der Waals surface area contributed by atoms with Crippen molar-refractivity contribution < 1.29 is 33.3 Å². The zero-order valence-corrected chi connectivity index (χ0v) is 24.0. The minimum absolute atomic E-state index is 0.0198. The fraction of sp³-hybridized carbons (Fsp3) is 0.903. The van der Waals surface area contributed by atoms with Crippen molar-refractivity contribution >= 4 is 17.7 Å². The van der Waals surface area contributed by atoms with Crippen molar-refractivity contribution in [2.45, 2.75) is 117 Å². The number of ether oxygens (including phenoxy) is 4. The van der Waals surface area contributed by atoms with Gasteiger partial charge in [-0.25, -0.2) is 0 Å². The SMILES string of the molecule is CC(=O)O[C@H]1CC[C@@]2(C)[C@@H](CC[C@@H]3[C@@H]2CC(=O)[C@]2(C)[C@@H]4[C@H](C[C@@H]32)O[C@@]2(OC[C@H](C)C[C@H]2OC(C)=O)[C@H]4C)C1. The monoisotopic (exact) mass is 530 g/mol. The quantitative estimate of drug-likeness (QED) is 0.460. The third-order valence-corrected chi connectivity index (χ3v) is 12.4. The van der Waals surface area contributed by atoms with Crippen molar-refractivity contribution in [3.8, 4) is 0 Å².